The van der Waals surface area contributed by atoms with Gasteiger partial charge in [0.15, 0.2) is 0 Å². The Morgan fingerprint density at radius 2 is 1.41 bits per heavy atom. The molecular formula is C25H22ClFN2. The van der Waals surface area contributed by atoms with Gasteiger partial charge in [0.1, 0.15) is 5.82 Å². The molecule has 3 aromatic carbocycles. The summed E-state index contributed by atoms with van der Waals surface area (Å²) in [4.78, 5) is 0. The van der Waals surface area contributed by atoms with Gasteiger partial charge in [0.05, 0.1) is 17.9 Å². The van der Waals surface area contributed by atoms with Crippen LogP contribution in [0.15, 0.2) is 66.7 Å². The molecule has 2 nitrogen and oxygen atoms in total. The summed E-state index contributed by atoms with van der Waals surface area (Å²) in [5.41, 5.74) is 7.85. The highest BCUT2D eigenvalue weighted by Crippen LogP contribution is 2.33. The van der Waals surface area contributed by atoms with Crippen molar-refractivity contribution in [2.45, 2.75) is 27.3 Å². The van der Waals surface area contributed by atoms with E-state index in [0.29, 0.717) is 10.6 Å². The molecule has 29 heavy (non-hydrogen) atoms. The van der Waals surface area contributed by atoms with Gasteiger partial charge < -0.3 is 0 Å². The number of rotatable bonds is 4. The van der Waals surface area contributed by atoms with Crippen LogP contribution in [-0.4, -0.2) is 9.78 Å². The Labute approximate surface area is 175 Å². The molecule has 0 spiro atoms. The number of hydrogen-bond acceptors (Lipinski definition) is 1. The summed E-state index contributed by atoms with van der Waals surface area (Å²) in [6, 6.07) is 21.4. The lowest BCUT2D eigenvalue weighted by atomic mass is 10.0. The molecule has 4 heteroatoms. The maximum Gasteiger partial charge on any atom is 0.129 e. The fraction of sp³-hybridized carbons (Fsp3) is 0.160. The van der Waals surface area contributed by atoms with Crippen molar-refractivity contribution >= 4 is 11.6 Å². The maximum atomic E-state index is 14.5. The standard InChI is InChI=1S/C25H22ClFN2/c1-16-7-11-19(12-8-16)24-18(3)25(20-13-9-17(2)10-14-20)29(28-24)15-21-22(26)5-4-6-23(21)27/h4-14H,15H2,1-3H3. The molecule has 0 N–H and O–H groups in total. The lowest BCUT2D eigenvalue weighted by Crippen LogP contribution is -2.06. The summed E-state index contributed by atoms with van der Waals surface area (Å²) in [6.07, 6.45) is 0. The Morgan fingerprint density at radius 3 is 2.00 bits per heavy atom. The molecule has 0 aliphatic rings. The van der Waals surface area contributed by atoms with Crippen molar-refractivity contribution in [1.29, 1.82) is 0 Å². The van der Waals surface area contributed by atoms with Crippen LogP contribution in [0.25, 0.3) is 22.5 Å². The number of aryl methyl sites for hydroxylation is 2. The SMILES string of the molecule is Cc1ccc(-c2nn(Cc3c(F)cccc3Cl)c(-c3ccc(C)cc3)c2C)cc1. The van der Waals surface area contributed by atoms with E-state index in [9.17, 15) is 4.39 Å². The van der Waals surface area contributed by atoms with Crippen LogP contribution < -0.4 is 0 Å². The number of halogens is 2. The second kappa shape index (κ2) is 7.84. The Hall–Kier alpha value is -2.91. The van der Waals surface area contributed by atoms with Gasteiger partial charge in [-0.1, -0.05) is 77.3 Å². The van der Waals surface area contributed by atoms with Crippen molar-refractivity contribution in [3.8, 4) is 22.5 Å². The van der Waals surface area contributed by atoms with E-state index in [1.807, 2.05) is 4.68 Å². The highest BCUT2D eigenvalue weighted by molar-refractivity contribution is 6.31. The Morgan fingerprint density at radius 1 is 0.828 bits per heavy atom. The molecule has 4 aromatic rings. The van der Waals surface area contributed by atoms with Gasteiger partial charge in [-0.2, -0.15) is 5.10 Å². The van der Waals surface area contributed by atoms with Crippen LogP contribution in [0.3, 0.4) is 0 Å². The average Bonchev–Trinajstić information content (AvgIpc) is 3.02. The first-order valence-electron chi connectivity index (χ1n) is 9.58. The van der Waals surface area contributed by atoms with Gasteiger partial charge in [0, 0.05) is 27.3 Å². The average molecular weight is 405 g/mol. The minimum absolute atomic E-state index is 0.265. The van der Waals surface area contributed by atoms with Gasteiger partial charge in [-0.05, 0) is 32.9 Å². The van der Waals surface area contributed by atoms with E-state index >= 15 is 0 Å². The number of nitrogens with zero attached hydrogens (tertiary/aromatic N) is 2. The number of benzene rings is 3. The second-order valence-electron chi connectivity index (χ2n) is 7.41. The summed E-state index contributed by atoms with van der Waals surface area (Å²) in [6.45, 7) is 6.45. The minimum Gasteiger partial charge on any atom is -0.259 e. The molecule has 0 fully saturated rings. The van der Waals surface area contributed by atoms with Crippen LogP contribution >= 0.6 is 11.6 Å². The first-order valence-corrected chi connectivity index (χ1v) is 9.96. The van der Waals surface area contributed by atoms with Crippen molar-refractivity contribution in [2.75, 3.05) is 0 Å². The normalized spacial score (nSPS) is 11.1. The zero-order chi connectivity index (χ0) is 20.5. The van der Waals surface area contributed by atoms with Gasteiger partial charge in [-0.25, -0.2) is 4.39 Å². The van der Waals surface area contributed by atoms with E-state index in [2.05, 4.69) is 69.3 Å². The predicted octanol–water partition coefficient (Wildman–Crippen LogP) is 6.98. The summed E-state index contributed by atoms with van der Waals surface area (Å²) in [7, 11) is 0. The third-order valence-corrected chi connectivity index (χ3v) is 5.56. The summed E-state index contributed by atoms with van der Waals surface area (Å²) >= 11 is 6.30. The Bertz CT molecular complexity index is 1140. The van der Waals surface area contributed by atoms with E-state index in [-0.39, 0.29) is 12.4 Å². The van der Waals surface area contributed by atoms with E-state index in [1.165, 1.54) is 17.2 Å². The highest BCUT2D eigenvalue weighted by atomic mass is 35.5. The second-order valence-corrected chi connectivity index (χ2v) is 7.82. The van der Waals surface area contributed by atoms with Crippen molar-refractivity contribution in [3.63, 3.8) is 0 Å². The first kappa shape index (κ1) is 19.4. The molecule has 0 aliphatic heterocycles. The molecular weight excluding hydrogens is 383 g/mol. The van der Waals surface area contributed by atoms with Crippen LogP contribution in [0.1, 0.15) is 22.3 Å². The zero-order valence-electron chi connectivity index (χ0n) is 16.7. The fourth-order valence-corrected chi connectivity index (χ4v) is 3.78. The number of hydrogen-bond donors (Lipinski definition) is 0. The van der Waals surface area contributed by atoms with Crippen molar-refractivity contribution < 1.29 is 4.39 Å². The summed E-state index contributed by atoms with van der Waals surface area (Å²) < 4.78 is 16.3. The monoisotopic (exact) mass is 404 g/mol. The Kier molecular flexibility index (Phi) is 5.25. The molecule has 1 heterocycles. The van der Waals surface area contributed by atoms with Gasteiger partial charge >= 0.3 is 0 Å². The van der Waals surface area contributed by atoms with Gasteiger partial charge in [0.25, 0.3) is 0 Å². The van der Waals surface area contributed by atoms with E-state index in [0.717, 1.165) is 28.1 Å². The molecule has 146 valence electrons. The van der Waals surface area contributed by atoms with E-state index in [1.54, 1.807) is 12.1 Å². The predicted molar refractivity (Wildman–Crippen MR) is 118 cm³/mol. The quantitative estimate of drug-likeness (QED) is 0.358. The maximum absolute atomic E-state index is 14.5. The van der Waals surface area contributed by atoms with Gasteiger partial charge in [-0.3, -0.25) is 4.68 Å². The molecule has 0 aliphatic carbocycles. The molecule has 0 radical (unpaired) electrons. The molecule has 0 amide bonds. The molecule has 0 atom stereocenters. The molecule has 0 saturated carbocycles. The van der Waals surface area contributed by atoms with Gasteiger partial charge in [-0.15, -0.1) is 0 Å². The number of aromatic nitrogens is 2. The van der Waals surface area contributed by atoms with Crippen LogP contribution in [-0.2, 0) is 6.54 Å². The lowest BCUT2D eigenvalue weighted by Gasteiger charge is -2.11. The van der Waals surface area contributed by atoms with E-state index < -0.39 is 0 Å². The molecule has 0 saturated heterocycles. The summed E-state index contributed by atoms with van der Waals surface area (Å²) in [5, 5.41) is 5.28. The van der Waals surface area contributed by atoms with Crippen molar-refractivity contribution in [2.24, 2.45) is 0 Å². The van der Waals surface area contributed by atoms with Gasteiger partial charge in [0.2, 0.25) is 0 Å². The molecule has 4 rings (SSSR count). The molecule has 1 aromatic heterocycles. The third-order valence-electron chi connectivity index (χ3n) is 5.21. The lowest BCUT2D eigenvalue weighted by molar-refractivity contribution is 0.587. The van der Waals surface area contributed by atoms with Crippen LogP contribution in [0.5, 0.6) is 0 Å². The largest absolute Gasteiger partial charge is 0.259 e. The summed E-state index contributed by atoms with van der Waals surface area (Å²) in [5.74, 6) is -0.322. The van der Waals surface area contributed by atoms with Crippen LogP contribution in [0.4, 0.5) is 4.39 Å². The first-order chi connectivity index (χ1) is 13.9. The fourth-order valence-electron chi connectivity index (χ4n) is 3.56. The topological polar surface area (TPSA) is 17.8 Å². The minimum atomic E-state index is -0.322. The van der Waals surface area contributed by atoms with Crippen molar-refractivity contribution in [1.82, 2.24) is 9.78 Å². The zero-order valence-corrected chi connectivity index (χ0v) is 17.5. The highest BCUT2D eigenvalue weighted by Gasteiger charge is 2.19. The van der Waals surface area contributed by atoms with Crippen LogP contribution in [0.2, 0.25) is 5.02 Å². The van der Waals surface area contributed by atoms with Crippen molar-refractivity contribution in [3.05, 3.63) is 99.8 Å². The molecule has 0 unspecified atom stereocenters. The Balaban J connectivity index is 1.89. The van der Waals surface area contributed by atoms with Crippen LogP contribution in [0, 0.1) is 26.6 Å². The third kappa shape index (κ3) is 3.83. The smallest absolute Gasteiger partial charge is 0.129 e. The molecule has 0 bridgehead atoms. The van der Waals surface area contributed by atoms with E-state index in [4.69, 9.17) is 16.7 Å².